The maximum atomic E-state index is 13.3. The number of rotatable bonds is 1. The summed E-state index contributed by atoms with van der Waals surface area (Å²) in [4.78, 5) is 0. The van der Waals surface area contributed by atoms with Crippen LogP contribution in [0.5, 0.6) is 0 Å². The van der Waals surface area contributed by atoms with Crippen LogP contribution >= 0.6 is 0 Å². The first-order valence-corrected chi connectivity index (χ1v) is 7.52. The lowest BCUT2D eigenvalue weighted by Gasteiger charge is -2.42. The Labute approximate surface area is 114 Å². The first-order chi connectivity index (χ1) is 9.03. The minimum absolute atomic E-state index is 0.185. The van der Waals surface area contributed by atoms with Gasteiger partial charge in [-0.3, -0.25) is 0 Å². The molecule has 19 heavy (non-hydrogen) atoms. The number of halogens is 1. The van der Waals surface area contributed by atoms with Crippen LogP contribution in [0.4, 0.5) is 4.39 Å². The van der Waals surface area contributed by atoms with Crippen molar-refractivity contribution in [3.05, 3.63) is 35.1 Å². The van der Waals surface area contributed by atoms with E-state index in [4.69, 9.17) is 0 Å². The second kappa shape index (κ2) is 4.59. The van der Waals surface area contributed by atoms with Gasteiger partial charge >= 0.3 is 0 Å². The topological polar surface area (TPSA) is 20.2 Å². The van der Waals surface area contributed by atoms with Gasteiger partial charge < -0.3 is 5.11 Å². The Kier molecular flexibility index (Phi) is 3.17. The molecule has 0 radical (unpaired) electrons. The predicted octanol–water partition coefficient (Wildman–Crippen LogP) is 4.46. The summed E-state index contributed by atoms with van der Waals surface area (Å²) in [6.07, 6.45) is 9.30. The summed E-state index contributed by atoms with van der Waals surface area (Å²) in [6, 6.07) is 5.07. The molecule has 0 unspecified atom stereocenters. The van der Waals surface area contributed by atoms with E-state index in [1.54, 1.807) is 13.0 Å². The smallest absolute Gasteiger partial charge is 0.126 e. The first-order valence-electron chi connectivity index (χ1n) is 7.52. The van der Waals surface area contributed by atoms with Gasteiger partial charge in [0.2, 0.25) is 0 Å². The molecule has 0 aromatic heterocycles. The zero-order valence-corrected chi connectivity index (χ0v) is 11.7. The average Bonchev–Trinajstić information content (AvgIpc) is 2.86. The number of hydrogen-bond acceptors (Lipinski definition) is 1. The molecule has 2 aliphatic rings. The third kappa shape index (κ3) is 2.31. The highest BCUT2D eigenvalue weighted by Gasteiger charge is 2.43. The molecule has 1 N–H and O–H groups in total. The van der Waals surface area contributed by atoms with E-state index in [0.717, 1.165) is 31.2 Å². The molecule has 1 aromatic rings. The number of benzene rings is 1. The number of aryl methyl sites for hydroxylation is 1. The summed E-state index contributed by atoms with van der Waals surface area (Å²) in [6.45, 7) is 1.77. The van der Waals surface area contributed by atoms with Gasteiger partial charge in [-0.25, -0.2) is 4.39 Å². The van der Waals surface area contributed by atoms with E-state index in [9.17, 15) is 9.50 Å². The minimum Gasteiger partial charge on any atom is -0.385 e. The van der Waals surface area contributed by atoms with Crippen molar-refractivity contribution >= 4 is 0 Å². The molecular weight excluding hydrogens is 239 g/mol. The third-order valence-corrected chi connectivity index (χ3v) is 5.50. The molecule has 3 rings (SSSR count). The maximum absolute atomic E-state index is 13.3. The number of aliphatic hydroxyl groups is 1. The van der Waals surface area contributed by atoms with E-state index in [-0.39, 0.29) is 5.82 Å². The van der Waals surface area contributed by atoms with Crippen LogP contribution in [0.15, 0.2) is 18.2 Å². The quantitative estimate of drug-likeness (QED) is 0.792. The highest BCUT2D eigenvalue weighted by atomic mass is 19.1. The highest BCUT2D eigenvalue weighted by molar-refractivity contribution is 5.29. The summed E-state index contributed by atoms with van der Waals surface area (Å²) in [7, 11) is 0. The standard InChI is InChI=1S/C17H23FO/c1-13-12-14(4-5-15(13)18)17(19)10-8-16(9-11-17)6-2-3-7-16/h4-5,12,19H,2-3,6-11H2,1H3. The van der Waals surface area contributed by atoms with E-state index in [2.05, 4.69) is 0 Å². The molecule has 0 atom stereocenters. The van der Waals surface area contributed by atoms with Crippen molar-refractivity contribution in [1.82, 2.24) is 0 Å². The van der Waals surface area contributed by atoms with Crippen LogP contribution in [0.3, 0.4) is 0 Å². The van der Waals surface area contributed by atoms with E-state index in [1.165, 1.54) is 31.7 Å². The Balaban J connectivity index is 1.79. The molecule has 2 heteroatoms. The molecule has 1 spiro atoms. The van der Waals surface area contributed by atoms with Crippen molar-refractivity contribution in [3.63, 3.8) is 0 Å². The summed E-state index contributed by atoms with van der Waals surface area (Å²) in [5.74, 6) is -0.185. The molecule has 2 aliphatic carbocycles. The SMILES string of the molecule is Cc1cc(C2(O)CCC3(CCCC3)CC2)ccc1F. The Morgan fingerprint density at radius 1 is 1.00 bits per heavy atom. The largest absolute Gasteiger partial charge is 0.385 e. The average molecular weight is 262 g/mol. The monoisotopic (exact) mass is 262 g/mol. The van der Waals surface area contributed by atoms with Gasteiger partial charge in [0.25, 0.3) is 0 Å². The van der Waals surface area contributed by atoms with Crippen molar-refractivity contribution < 1.29 is 9.50 Å². The fraction of sp³-hybridized carbons (Fsp3) is 0.647. The van der Waals surface area contributed by atoms with Gasteiger partial charge in [0.1, 0.15) is 5.82 Å². The molecule has 104 valence electrons. The molecule has 2 fully saturated rings. The zero-order chi connectivity index (χ0) is 13.5. The summed E-state index contributed by atoms with van der Waals surface area (Å²) < 4.78 is 13.3. The molecule has 2 saturated carbocycles. The highest BCUT2D eigenvalue weighted by Crippen LogP contribution is 2.53. The Hall–Kier alpha value is -0.890. The summed E-state index contributed by atoms with van der Waals surface area (Å²) in [5.41, 5.74) is 1.32. The fourth-order valence-electron chi connectivity index (χ4n) is 4.04. The maximum Gasteiger partial charge on any atom is 0.126 e. The Bertz CT molecular complexity index is 464. The fourth-order valence-corrected chi connectivity index (χ4v) is 4.04. The van der Waals surface area contributed by atoms with E-state index in [0.29, 0.717) is 11.0 Å². The lowest BCUT2D eigenvalue weighted by atomic mass is 9.66. The normalized spacial score (nSPS) is 24.8. The molecule has 0 saturated heterocycles. The summed E-state index contributed by atoms with van der Waals surface area (Å²) in [5, 5.41) is 10.9. The zero-order valence-electron chi connectivity index (χ0n) is 11.7. The van der Waals surface area contributed by atoms with Crippen molar-refractivity contribution in [2.24, 2.45) is 5.41 Å². The minimum atomic E-state index is -0.730. The van der Waals surface area contributed by atoms with Crippen LogP contribution in [-0.4, -0.2) is 5.11 Å². The second-order valence-electron chi connectivity index (χ2n) is 6.70. The van der Waals surface area contributed by atoms with Gasteiger partial charge in [-0.2, -0.15) is 0 Å². The van der Waals surface area contributed by atoms with Gasteiger partial charge in [-0.15, -0.1) is 0 Å². The number of hydrogen-bond donors (Lipinski definition) is 1. The Morgan fingerprint density at radius 2 is 1.63 bits per heavy atom. The van der Waals surface area contributed by atoms with Gasteiger partial charge in [0, 0.05) is 0 Å². The van der Waals surface area contributed by atoms with Gasteiger partial charge in [0.15, 0.2) is 0 Å². The van der Waals surface area contributed by atoms with Gasteiger partial charge in [0.05, 0.1) is 5.60 Å². The lowest BCUT2D eigenvalue weighted by molar-refractivity contribution is -0.0377. The van der Waals surface area contributed by atoms with E-state index < -0.39 is 5.60 Å². The van der Waals surface area contributed by atoms with Gasteiger partial charge in [-0.05, 0) is 68.1 Å². The van der Waals surface area contributed by atoms with Crippen LogP contribution in [0.1, 0.15) is 62.5 Å². The van der Waals surface area contributed by atoms with Crippen LogP contribution in [-0.2, 0) is 5.60 Å². The van der Waals surface area contributed by atoms with Crippen LogP contribution in [0.2, 0.25) is 0 Å². The van der Waals surface area contributed by atoms with Crippen LogP contribution < -0.4 is 0 Å². The lowest BCUT2D eigenvalue weighted by Crippen LogP contribution is -2.36. The van der Waals surface area contributed by atoms with Crippen LogP contribution in [0, 0.1) is 18.2 Å². The Morgan fingerprint density at radius 3 is 2.21 bits per heavy atom. The molecule has 0 amide bonds. The predicted molar refractivity (Wildman–Crippen MR) is 74.4 cm³/mol. The van der Waals surface area contributed by atoms with Crippen molar-refractivity contribution in [2.75, 3.05) is 0 Å². The molecule has 0 bridgehead atoms. The molecule has 0 heterocycles. The molecular formula is C17H23FO. The van der Waals surface area contributed by atoms with Crippen molar-refractivity contribution in [1.29, 1.82) is 0 Å². The third-order valence-electron chi connectivity index (χ3n) is 5.50. The summed E-state index contributed by atoms with van der Waals surface area (Å²) >= 11 is 0. The van der Waals surface area contributed by atoms with Crippen molar-refractivity contribution in [2.45, 2.75) is 63.9 Å². The molecule has 1 nitrogen and oxygen atoms in total. The molecule has 1 aromatic carbocycles. The van der Waals surface area contributed by atoms with E-state index >= 15 is 0 Å². The molecule has 0 aliphatic heterocycles. The van der Waals surface area contributed by atoms with Crippen LogP contribution in [0.25, 0.3) is 0 Å². The first kappa shape index (κ1) is 13.1. The van der Waals surface area contributed by atoms with E-state index in [1.807, 2.05) is 6.07 Å². The van der Waals surface area contributed by atoms with Gasteiger partial charge in [-0.1, -0.05) is 25.0 Å². The van der Waals surface area contributed by atoms with Crippen molar-refractivity contribution in [3.8, 4) is 0 Å². The second-order valence-corrected chi connectivity index (χ2v) is 6.70.